The second-order valence-corrected chi connectivity index (χ2v) is 5.36. The van der Waals surface area contributed by atoms with Crippen LogP contribution in [0.4, 0.5) is 5.82 Å². The quantitative estimate of drug-likeness (QED) is 0.798. The molecule has 0 unspecified atom stereocenters. The lowest BCUT2D eigenvalue weighted by atomic mass is 10.4. The van der Waals surface area contributed by atoms with Gasteiger partial charge in [0.2, 0.25) is 5.82 Å². The van der Waals surface area contributed by atoms with E-state index in [1.165, 1.54) is 18.6 Å². The van der Waals surface area contributed by atoms with Crippen molar-refractivity contribution in [3.8, 4) is 0 Å². The van der Waals surface area contributed by atoms with Crippen LogP contribution in [0.2, 0.25) is 0 Å². The van der Waals surface area contributed by atoms with Gasteiger partial charge >= 0.3 is 5.97 Å². The summed E-state index contributed by atoms with van der Waals surface area (Å²) in [5.74, 6) is 2.64. The summed E-state index contributed by atoms with van der Waals surface area (Å²) in [6.45, 7) is 4.08. The molecule has 0 amide bonds. The van der Waals surface area contributed by atoms with Crippen LogP contribution in [0.1, 0.15) is 10.6 Å². The number of anilines is 1. The predicted molar refractivity (Wildman–Crippen MR) is 75.6 cm³/mol. The first-order valence-electron chi connectivity index (χ1n) is 6.25. The van der Waals surface area contributed by atoms with Gasteiger partial charge in [-0.2, -0.15) is 11.8 Å². The van der Waals surface area contributed by atoms with Crippen molar-refractivity contribution in [2.75, 3.05) is 50.1 Å². The lowest BCUT2D eigenvalue weighted by Crippen LogP contribution is -2.36. The number of methoxy groups -OCH3 is 1. The highest BCUT2D eigenvalue weighted by Gasteiger charge is 2.11. The van der Waals surface area contributed by atoms with Crippen LogP contribution in [0.5, 0.6) is 0 Å². The highest BCUT2D eigenvalue weighted by molar-refractivity contribution is 7.99. The van der Waals surface area contributed by atoms with Crippen molar-refractivity contribution < 1.29 is 9.53 Å². The molecular formula is C12H18N4O2S. The lowest BCUT2D eigenvalue weighted by molar-refractivity contribution is 0.0587. The normalized spacial score (nSPS) is 16.1. The maximum Gasteiger partial charge on any atom is 0.376 e. The van der Waals surface area contributed by atoms with E-state index in [1.807, 2.05) is 11.8 Å². The van der Waals surface area contributed by atoms with Crippen LogP contribution in [0.15, 0.2) is 12.3 Å². The molecule has 0 aromatic carbocycles. The molecule has 19 heavy (non-hydrogen) atoms. The molecule has 104 valence electrons. The average molecular weight is 282 g/mol. The second kappa shape index (κ2) is 7.30. The molecule has 1 N–H and O–H groups in total. The van der Waals surface area contributed by atoms with Crippen LogP contribution in [0.25, 0.3) is 0 Å². The molecule has 1 fully saturated rings. The molecule has 2 rings (SSSR count). The van der Waals surface area contributed by atoms with Crippen LogP contribution in [-0.2, 0) is 4.74 Å². The zero-order valence-electron chi connectivity index (χ0n) is 11.0. The van der Waals surface area contributed by atoms with Gasteiger partial charge < -0.3 is 10.1 Å². The van der Waals surface area contributed by atoms with Gasteiger partial charge in [-0.3, -0.25) is 4.90 Å². The van der Waals surface area contributed by atoms with Gasteiger partial charge in [0, 0.05) is 43.9 Å². The number of esters is 1. The fourth-order valence-corrected chi connectivity index (χ4v) is 2.79. The Labute approximate surface area is 116 Å². The Hall–Kier alpha value is -1.34. The monoisotopic (exact) mass is 282 g/mol. The number of thioether (sulfide) groups is 1. The van der Waals surface area contributed by atoms with E-state index in [9.17, 15) is 4.79 Å². The van der Waals surface area contributed by atoms with Crippen molar-refractivity contribution >= 4 is 23.5 Å². The van der Waals surface area contributed by atoms with Gasteiger partial charge in [0.1, 0.15) is 5.82 Å². The summed E-state index contributed by atoms with van der Waals surface area (Å²) in [7, 11) is 1.32. The maximum absolute atomic E-state index is 11.3. The van der Waals surface area contributed by atoms with Crippen LogP contribution in [0, 0.1) is 0 Å². The third-order valence-corrected chi connectivity index (χ3v) is 3.80. The summed E-state index contributed by atoms with van der Waals surface area (Å²) in [4.78, 5) is 21.7. The summed E-state index contributed by atoms with van der Waals surface area (Å²) >= 11 is 2.00. The fraction of sp³-hybridized carbons (Fsp3) is 0.583. The molecule has 0 radical (unpaired) electrons. The van der Waals surface area contributed by atoms with Gasteiger partial charge in [-0.25, -0.2) is 14.8 Å². The second-order valence-electron chi connectivity index (χ2n) is 4.14. The third-order valence-electron chi connectivity index (χ3n) is 2.86. The van der Waals surface area contributed by atoms with Gasteiger partial charge in [-0.1, -0.05) is 0 Å². The summed E-state index contributed by atoms with van der Waals surface area (Å²) in [5.41, 5.74) is 0. The molecule has 0 atom stereocenters. The Kier molecular flexibility index (Phi) is 5.41. The van der Waals surface area contributed by atoms with E-state index >= 15 is 0 Å². The number of hydrogen-bond acceptors (Lipinski definition) is 7. The molecular weight excluding hydrogens is 264 g/mol. The number of rotatable bonds is 5. The van der Waals surface area contributed by atoms with E-state index in [0.717, 1.165) is 26.2 Å². The van der Waals surface area contributed by atoms with Gasteiger partial charge in [0.25, 0.3) is 0 Å². The highest BCUT2D eigenvalue weighted by atomic mass is 32.2. The van der Waals surface area contributed by atoms with Crippen LogP contribution in [0.3, 0.4) is 0 Å². The minimum Gasteiger partial charge on any atom is -0.463 e. The SMILES string of the molecule is COC(=O)c1nccc(NCCN2CCSCC2)n1. The van der Waals surface area contributed by atoms with Gasteiger partial charge in [-0.05, 0) is 6.07 Å². The van der Waals surface area contributed by atoms with E-state index in [1.54, 1.807) is 12.3 Å². The van der Waals surface area contributed by atoms with E-state index in [2.05, 4.69) is 24.9 Å². The van der Waals surface area contributed by atoms with Gasteiger partial charge in [0.15, 0.2) is 0 Å². The molecule has 1 aliphatic heterocycles. The van der Waals surface area contributed by atoms with Gasteiger partial charge in [0.05, 0.1) is 7.11 Å². The number of aromatic nitrogens is 2. The van der Waals surface area contributed by atoms with Crippen LogP contribution in [-0.4, -0.2) is 65.6 Å². The van der Waals surface area contributed by atoms with Gasteiger partial charge in [-0.15, -0.1) is 0 Å². The molecule has 2 heterocycles. The largest absolute Gasteiger partial charge is 0.463 e. The van der Waals surface area contributed by atoms with E-state index in [0.29, 0.717) is 5.82 Å². The summed E-state index contributed by atoms with van der Waals surface area (Å²) in [6, 6.07) is 1.75. The number of carbonyl (C=O) groups is 1. The molecule has 0 bridgehead atoms. The minimum atomic E-state index is -0.517. The zero-order chi connectivity index (χ0) is 13.5. The molecule has 0 saturated carbocycles. The molecule has 1 aliphatic rings. The topological polar surface area (TPSA) is 67.3 Å². The minimum absolute atomic E-state index is 0.0851. The van der Waals surface area contributed by atoms with Crippen molar-refractivity contribution in [3.05, 3.63) is 18.1 Å². The van der Waals surface area contributed by atoms with E-state index in [-0.39, 0.29) is 5.82 Å². The molecule has 1 saturated heterocycles. The van der Waals surface area contributed by atoms with Crippen molar-refractivity contribution in [2.45, 2.75) is 0 Å². The Bertz CT molecular complexity index is 424. The summed E-state index contributed by atoms with van der Waals surface area (Å²) in [6.07, 6.45) is 1.55. The summed E-state index contributed by atoms with van der Waals surface area (Å²) < 4.78 is 4.59. The molecule has 1 aromatic rings. The van der Waals surface area contributed by atoms with E-state index < -0.39 is 5.97 Å². The van der Waals surface area contributed by atoms with Crippen molar-refractivity contribution in [1.29, 1.82) is 0 Å². The van der Waals surface area contributed by atoms with Crippen molar-refractivity contribution in [2.24, 2.45) is 0 Å². The number of carbonyl (C=O) groups excluding carboxylic acids is 1. The molecule has 1 aromatic heterocycles. The Morgan fingerprint density at radius 2 is 2.32 bits per heavy atom. The molecule has 6 nitrogen and oxygen atoms in total. The number of hydrogen-bond donors (Lipinski definition) is 1. The maximum atomic E-state index is 11.3. The Balaban J connectivity index is 1.80. The third kappa shape index (κ3) is 4.36. The van der Waals surface area contributed by atoms with Crippen molar-refractivity contribution in [1.82, 2.24) is 14.9 Å². The number of ether oxygens (including phenoxy) is 1. The standard InChI is InChI=1S/C12H18N4O2S/c1-18-12(17)11-14-3-2-10(15-11)13-4-5-16-6-8-19-9-7-16/h2-3H,4-9H2,1H3,(H,13,14,15). The van der Waals surface area contributed by atoms with Crippen LogP contribution < -0.4 is 5.32 Å². The number of nitrogens with zero attached hydrogens (tertiary/aromatic N) is 3. The first kappa shape index (κ1) is 14.1. The molecule has 7 heteroatoms. The average Bonchev–Trinajstić information content (AvgIpc) is 2.48. The smallest absolute Gasteiger partial charge is 0.376 e. The predicted octanol–water partition coefficient (Wildman–Crippen LogP) is 0.724. The van der Waals surface area contributed by atoms with Crippen molar-refractivity contribution in [3.63, 3.8) is 0 Å². The Morgan fingerprint density at radius 1 is 1.53 bits per heavy atom. The highest BCUT2D eigenvalue weighted by Crippen LogP contribution is 2.08. The lowest BCUT2D eigenvalue weighted by Gasteiger charge is -2.26. The number of nitrogens with one attached hydrogen (secondary N) is 1. The molecule has 0 spiro atoms. The first-order chi connectivity index (χ1) is 9.29. The van der Waals surface area contributed by atoms with E-state index in [4.69, 9.17) is 0 Å². The fourth-order valence-electron chi connectivity index (χ4n) is 1.81. The van der Waals surface area contributed by atoms with Crippen LogP contribution >= 0.6 is 11.8 Å². The zero-order valence-corrected chi connectivity index (χ0v) is 11.8. The summed E-state index contributed by atoms with van der Waals surface area (Å²) in [5, 5.41) is 3.20. The Morgan fingerprint density at radius 3 is 3.05 bits per heavy atom. The first-order valence-corrected chi connectivity index (χ1v) is 7.40. The molecule has 0 aliphatic carbocycles.